The Bertz CT molecular complexity index is 1250. The average Bonchev–Trinajstić information content (AvgIpc) is 3.45. The number of methoxy groups -OCH3 is 3. The number of carbonyl (C=O) groups is 1. The molecule has 4 aromatic rings. The zero-order valence-corrected chi connectivity index (χ0v) is 19.1. The number of benzene rings is 2. The van der Waals surface area contributed by atoms with E-state index in [-0.39, 0.29) is 5.97 Å². The predicted molar refractivity (Wildman–Crippen MR) is 124 cm³/mol. The van der Waals surface area contributed by atoms with Crippen molar-refractivity contribution in [1.29, 1.82) is 0 Å². The highest BCUT2D eigenvalue weighted by Crippen LogP contribution is 2.38. The van der Waals surface area contributed by atoms with Crippen molar-refractivity contribution in [2.45, 2.75) is 23.8 Å². The van der Waals surface area contributed by atoms with Crippen molar-refractivity contribution in [1.82, 2.24) is 19.7 Å². The highest BCUT2D eigenvalue weighted by molar-refractivity contribution is 8.00. The Balaban J connectivity index is 1.95. The van der Waals surface area contributed by atoms with E-state index in [0.717, 1.165) is 16.5 Å². The highest BCUT2D eigenvalue weighted by atomic mass is 32.2. The third kappa shape index (κ3) is 3.91. The van der Waals surface area contributed by atoms with E-state index >= 15 is 0 Å². The Labute approximate surface area is 189 Å². The molecule has 0 saturated heterocycles. The first-order valence-electron chi connectivity index (χ1n) is 10.1. The second kappa shape index (κ2) is 9.35. The fraction of sp³-hybridized carbons (Fsp3) is 0.261. The monoisotopic (exact) mass is 452 g/mol. The number of hydrogen-bond donors (Lipinski definition) is 1. The summed E-state index contributed by atoms with van der Waals surface area (Å²) in [4.78, 5) is 15.6. The summed E-state index contributed by atoms with van der Waals surface area (Å²) in [6.45, 7) is 1.93. The maximum atomic E-state index is 12.3. The van der Waals surface area contributed by atoms with Gasteiger partial charge in [0.25, 0.3) is 0 Å². The first-order chi connectivity index (χ1) is 15.6. The van der Waals surface area contributed by atoms with Crippen LogP contribution in [0, 0.1) is 0 Å². The molecule has 8 nitrogen and oxygen atoms in total. The lowest BCUT2D eigenvalue weighted by Crippen LogP contribution is -2.18. The average molecular weight is 453 g/mol. The van der Waals surface area contributed by atoms with Crippen LogP contribution < -0.4 is 9.47 Å². The molecule has 0 fully saturated rings. The number of thioether (sulfide) groups is 1. The fourth-order valence-corrected chi connectivity index (χ4v) is 4.51. The number of ether oxygens (including phenoxy) is 3. The van der Waals surface area contributed by atoms with Gasteiger partial charge in [0.15, 0.2) is 11.0 Å². The molecule has 0 aliphatic rings. The molecule has 1 N–H and O–H groups in total. The van der Waals surface area contributed by atoms with Gasteiger partial charge in [-0.1, -0.05) is 36.9 Å². The first kappa shape index (κ1) is 21.8. The van der Waals surface area contributed by atoms with Crippen LogP contribution in [-0.2, 0) is 9.53 Å². The Hall–Kier alpha value is -3.46. The smallest absolute Gasteiger partial charge is 0.319 e. The summed E-state index contributed by atoms with van der Waals surface area (Å²) in [5, 5.41) is 10.1. The molecule has 0 aliphatic carbocycles. The Morgan fingerprint density at radius 2 is 1.94 bits per heavy atom. The zero-order chi connectivity index (χ0) is 22.7. The number of carbonyl (C=O) groups excluding carboxylic acids is 1. The molecule has 1 atom stereocenters. The van der Waals surface area contributed by atoms with Gasteiger partial charge in [0.2, 0.25) is 0 Å². The standard InChI is InChI=1S/C23H24N4O4S/c1-5-20(22(28)31-4)32-23-26-25-21(16-13-24-17-9-7-6-8-15(16)17)27(23)18-12-14(29-2)10-11-19(18)30-3/h6-13,20,24H,5H2,1-4H3/t20-/m0/s1. The number of aromatic amines is 1. The number of fused-ring (bicyclic) bond motifs is 1. The summed E-state index contributed by atoms with van der Waals surface area (Å²) in [5.41, 5.74) is 2.58. The molecule has 2 aromatic heterocycles. The summed E-state index contributed by atoms with van der Waals surface area (Å²) in [7, 11) is 4.61. The van der Waals surface area contributed by atoms with Gasteiger partial charge in [0.1, 0.15) is 16.7 Å². The number of esters is 1. The molecule has 0 amide bonds. The van der Waals surface area contributed by atoms with Crippen LogP contribution in [0.4, 0.5) is 0 Å². The molecule has 2 heterocycles. The van der Waals surface area contributed by atoms with Crippen LogP contribution in [0.25, 0.3) is 28.0 Å². The molecule has 9 heteroatoms. The maximum absolute atomic E-state index is 12.3. The van der Waals surface area contributed by atoms with Gasteiger partial charge in [0.05, 0.1) is 27.0 Å². The van der Waals surface area contributed by atoms with Crippen LogP contribution in [0.15, 0.2) is 53.8 Å². The number of para-hydroxylation sites is 1. The van der Waals surface area contributed by atoms with Crippen LogP contribution in [0.3, 0.4) is 0 Å². The number of aromatic nitrogens is 4. The lowest BCUT2D eigenvalue weighted by atomic mass is 10.1. The summed E-state index contributed by atoms with van der Waals surface area (Å²) < 4.78 is 18.0. The minimum Gasteiger partial charge on any atom is -0.497 e. The molecule has 0 aliphatic heterocycles. The van der Waals surface area contributed by atoms with Crippen molar-refractivity contribution in [3.8, 4) is 28.6 Å². The van der Waals surface area contributed by atoms with E-state index < -0.39 is 5.25 Å². The van der Waals surface area contributed by atoms with E-state index in [1.54, 1.807) is 14.2 Å². The van der Waals surface area contributed by atoms with Crippen LogP contribution in [0.2, 0.25) is 0 Å². The van der Waals surface area contributed by atoms with Crippen molar-refractivity contribution < 1.29 is 19.0 Å². The van der Waals surface area contributed by atoms with Gasteiger partial charge in [-0.2, -0.15) is 0 Å². The molecule has 166 valence electrons. The van der Waals surface area contributed by atoms with Crippen LogP contribution in [-0.4, -0.2) is 52.3 Å². The highest BCUT2D eigenvalue weighted by Gasteiger charge is 2.26. The van der Waals surface area contributed by atoms with Crippen LogP contribution >= 0.6 is 11.8 Å². The molecule has 0 bridgehead atoms. The number of nitrogens with one attached hydrogen (secondary N) is 1. The van der Waals surface area contributed by atoms with Gasteiger partial charge in [0, 0.05) is 28.7 Å². The Morgan fingerprint density at radius 1 is 1.12 bits per heavy atom. The first-order valence-corrected chi connectivity index (χ1v) is 11.0. The number of H-pyrrole nitrogens is 1. The normalized spacial score (nSPS) is 12.0. The van der Waals surface area contributed by atoms with Crippen molar-refractivity contribution in [3.63, 3.8) is 0 Å². The van der Waals surface area contributed by atoms with Gasteiger partial charge in [-0.3, -0.25) is 9.36 Å². The predicted octanol–water partition coefficient (Wildman–Crippen LogP) is 4.48. The van der Waals surface area contributed by atoms with Gasteiger partial charge >= 0.3 is 5.97 Å². The molecule has 32 heavy (non-hydrogen) atoms. The van der Waals surface area contributed by atoms with Crippen molar-refractivity contribution >= 4 is 28.6 Å². The quantitative estimate of drug-likeness (QED) is 0.311. The van der Waals surface area contributed by atoms with E-state index in [4.69, 9.17) is 14.2 Å². The third-order valence-electron chi connectivity index (χ3n) is 5.17. The van der Waals surface area contributed by atoms with Crippen LogP contribution in [0.1, 0.15) is 13.3 Å². The second-order valence-corrected chi connectivity index (χ2v) is 8.14. The Kier molecular flexibility index (Phi) is 6.36. The van der Waals surface area contributed by atoms with E-state index in [2.05, 4.69) is 15.2 Å². The number of rotatable bonds is 8. The SMILES string of the molecule is CC[C@H](Sc1nnc(-c2c[nH]c3ccccc23)n1-c1cc(OC)ccc1OC)C(=O)OC. The molecule has 4 rings (SSSR count). The molecule has 2 aromatic carbocycles. The van der Waals surface area contributed by atoms with Gasteiger partial charge in [-0.15, -0.1) is 10.2 Å². The van der Waals surface area contributed by atoms with Gasteiger partial charge in [-0.05, 0) is 24.6 Å². The molecule has 0 unspecified atom stereocenters. The molecule has 0 radical (unpaired) electrons. The number of hydrogen-bond acceptors (Lipinski definition) is 7. The fourth-order valence-electron chi connectivity index (χ4n) is 3.52. The van der Waals surface area contributed by atoms with E-state index in [9.17, 15) is 4.79 Å². The molecule has 0 saturated carbocycles. The van der Waals surface area contributed by atoms with Crippen molar-refractivity contribution in [2.75, 3.05) is 21.3 Å². The number of nitrogens with zero attached hydrogens (tertiary/aromatic N) is 3. The van der Waals surface area contributed by atoms with E-state index in [0.29, 0.717) is 34.6 Å². The molecular formula is C23H24N4O4S. The van der Waals surface area contributed by atoms with Crippen molar-refractivity contribution in [2.24, 2.45) is 0 Å². The molecule has 0 spiro atoms. The maximum Gasteiger partial charge on any atom is 0.319 e. The Morgan fingerprint density at radius 3 is 2.66 bits per heavy atom. The molecular weight excluding hydrogens is 428 g/mol. The summed E-state index contributed by atoms with van der Waals surface area (Å²) in [5.74, 6) is 1.60. The van der Waals surface area contributed by atoms with Crippen LogP contribution in [0.5, 0.6) is 11.5 Å². The zero-order valence-electron chi connectivity index (χ0n) is 18.3. The van der Waals surface area contributed by atoms with Gasteiger partial charge < -0.3 is 19.2 Å². The minimum absolute atomic E-state index is 0.307. The van der Waals surface area contributed by atoms with E-state index in [1.165, 1.54) is 18.9 Å². The summed E-state index contributed by atoms with van der Waals surface area (Å²) >= 11 is 1.31. The summed E-state index contributed by atoms with van der Waals surface area (Å²) in [6, 6.07) is 13.5. The minimum atomic E-state index is -0.421. The lowest BCUT2D eigenvalue weighted by molar-refractivity contribution is -0.140. The largest absolute Gasteiger partial charge is 0.497 e. The third-order valence-corrected chi connectivity index (χ3v) is 6.46. The summed E-state index contributed by atoms with van der Waals surface area (Å²) in [6.07, 6.45) is 2.49. The topological polar surface area (TPSA) is 91.3 Å². The second-order valence-electron chi connectivity index (χ2n) is 6.97. The lowest BCUT2D eigenvalue weighted by Gasteiger charge is -2.17. The van der Waals surface area contributed by atoms with E-state index in [1.807, 2.05) is 60.2 Å². The van der Waals surface area contributed by atoms with Crippen molar-refractivity contribution in [3.05, 3.63) is 48.7 Å². The van der Waals surface area contributed by atoms with Gasteiger partial charge in [-0.25, -0.2) is 0 Å².